The summed E-state index contributed by atoms with van der Waals surface area (Å²) in [7, 11) is 0. The molecule has 0 saturated carbocycles. The summed E-state index contributed by atoms with van der Waals surface area (Å²) < 4.78 is 0. The average Bonchev–Trinajstić information content (AvgIpc) is 2.34. The molecule has 1 N–H and O–H groups in total. The highest BCUT2D eigenvalue weighted by Gasteiger charge is 2.21. The van der Waals surface area contributed by atoms with E-state index in [0.29, 0.717) is 5.92 Å². The van der Waals surface area contributed by atoms with Crippen molar-refractivity contribution in [3.63, 3.8) is 0 Å². The Morgan fingerprint density at radius 1 is 1.06 bits per heavy atom. The number of rotatable bonds is 8. The van der Waals surface area contributed by atoms with Crippen molar-refractivity contribution in [1.29, 1.82) is 0 Å². The summed E-state index contributed by atoms with van der Waals surface area (Å²) in [5, 5.41) is 9.54. The van der Waals surface area contributed by atoms with Crippen molar-refractivity contribution in [2.45, 2.75) is 71.3 Å². The highest BCUT2D eigenvalue weighted by molar-refractivity contribution is 4.75. The predicted molar refractivity (Wildman–Crippen MR) is 74.2 cm³/mol. The number of aliphatic hydroxyl groups is 1. The molecule has 1 heterocycles. The van der Waals surface area contributed by atoms with Crippen LogP contribution in [0.15, 0.2) is 0 Å². The number of piperidine rings is 1. The summed E-state index contributed by atoms with van der Waals surface area (Å²) >= 11 is 0. The number of hydrogen-bond acceptors (Lipinski definition) is 2. The van der Waals surface area contributed by atoms with E-state index in [2.05, 4.69) is 11.8 Å². The fraction of sp³-hybridized carbons (Fsp3) is 1.00. The third-order valence-corrected chi connectivity index (χ3v) is 4.14. The molecule has 0 aliphatic carbocycles. The lowest BCUT2D eigenvalue weighted by molar-refractivity contribution is 0.0713. The maximum absolute atomic E-state index is 9.54. The molecule has 1 aliphatic rings. The third kappa shape index (κ3) is 6.42. The molecule has 1 unspecified atom stereocenters. The first kappa shape index (κ1) is 15.0. The summed E-state index contributed by atoms with van der Waals surface area (Å²) in [6.07, 6.45) is 10.6. The van der Waals surface area contributed by atoms with Gasteiger partial charge < -0.3 is 10.0 Å². The minimum atomic E-state index is -0.105. The molecule has 0 aromatic carbocycles. The molecule has 17 heavy (non-hydrogen) atoms. The lowest BCUT2D eigenvalue weighted by Gasteiger charge is -2.33. The zero-order valence-electron chi connectivity index (χ0n) is 11.8. The van der Waals surface area contributed by atoms with Crippen LogP contribution in [0.4, 0.5) is 0 Å². The summed E-state index contributed by atoms with van der Waals surface area (Å²) in [6, 6.07) is 0. The first-order valence-electron chi connectivity index (χ1n) is 7.64. The third-order valence-electron chi connectivity index (χ3n) is 4.14. The molecule has 1 saturated heterocycles. The Labute approximate surface area is 107 Å². The van der Waals surface area contributed by atoms with Gasteiger partial charge in [-0.15, -0.1) is 0 Å². The minimum Gasteiger partial charge on any atom is -0.393 e. The molecular weight excluding hydrogens is 210 g/mol. The van der Waals surface area contributed by atoms with E-state index >= 15 is 0 Å². The van der Waals surface area contributed by atoms with Gasteiger partial charge in [-0.3, -0.25) is 0 Å². The summed E-state index contributed by atoms with van der Waals surface area (Å²) in [5.74, 6) is 0.552. The van der Waals surface area contributed by atoms with E-state index in [-0.39, 0.29) is 6.10 Å². The van der Waals surface area contributed by atoms with Gasteiger partial charge in [-0.2, -0.15) is 0 Å². The van der Waals surface area contributed by atoms with Crippen LogP contribution >= 0.6 is 0 Å². The maximum Gasteiger partial charge on any atom is 0.0541 e. The molecule has 1 aliphatic heterocycles. The van der Waals surface area contributed by atoms with Gasteiger partial charge in [-0.25, -0.2) is 0 Å². The smallest absolute Gasteiger partial charge is 0.0541 e. The van der Waals surface area contributed by atoms with Crippen LogP contribution in [0.1, 0.15) is 65.2 Å². The lowest BCUT2D eigenvalue weighted by Crippen LogP contribution is -2.37. The van der Waals surface area contributed by atoms with Crippen LogP contribution < -0.4 is 0 Å². The quantitative estimate of drug-likeness (QED) is 0.658. The van der Waals surface area contributed by atoms with Gasteiger partial charge in [-0.05, 0) is 51.7 Å². The van der Waals surface area contributed by atoms with Crippen molar-refractivity contribution >= 4 is 0 Å². The molecule has 1 rings (SSSR count). The molecule has 1 atom stereocenters. The maximum atomic E-state index is 9.54. The second kappa shape index (κ2) is 8.93. The van der Waals surface area contributed by atoms with Crippen LogP contribution in [0.3, 0.4) is 0 Å². The van der Waals surface area contributed by atoms with E-state index in [4.69, 9.17) is 0 Å². The van der Waals surface area contributed by atoms with Gasteiger partial charge in [0.05, 0.1) is 6.10 Å². The van der Waals surface area contributed by atoms with Crippen LogP contribution in [0.5, 0.6) is 0 Å². The van der Waals surface area contributed by atoms with Crippen LogP contribution in [0.25, 0.3) is 0 Å². The highest BCUT2D eigenvalue weighted by atomic mass is 16.3. The van der Waals surface area contributed by atoms with Gasteiger partial charge in [0.15, 0.2) is 0 Å². The molecule has 1 fully saturated rings. The highest BCUT2D eigenvalue weighted by Crippen LogP contribution is 2.20. The zero-order chi connectivity index (χ0) is 12.5. The van der Waals surface area contributed by atoms with E-state index in [1.165, 1.54) is 71.0 Å². The Morgan fingerprint density at radius 3 is 2.24 bits per heavy atom. The molecule has 2 nitrogen and oxygen atoms in total. The normalized spacial score (nSPS) is 20.6. The topological polar surface area (TPSA) is 23.5 Å². The van der Waals surface area contributed by atoms with Crippen LogP contribution in [-0.2, 0) is 0 Å². The van der Waals surface area contributed by atoms with Crippen LogP contribution in [0, 0.1) is 5.92 Å². The number of hydrogen-bond donors (Lipinski definition) is 1. The Hall–Kier alpha value is -0.0800. The second-order valence-corrected chi connectivity index (χ2v) is 5.69. The Bertz CT molecular complexity index is 174. The van der Waals surface area contributed by atoms with E-state index in [1.54, 1.807) is 0 Å². The van der Waals surface area contributed by atoms with Gasteiger partial charge in [0.1, 0.15) is 0 Å². The van der Waals surface area contributed by atoms with Crippen molar-refractivity contribution in [2.75, 3.05) is 19.6 Å². The van der Waals surface area contributed by atoms with Crippen molar-refractivity contribution in [1.82, 2.24) is 4.90 Å². The van der Waals surface area contributed by atoms with Gasteiger partial charge >= 0.3 is 0 Å². The first-order chi connectivity index (χ1) is 8.24. The second-order valence-electron chi connectivity index (χ2n) is 5.69. The van der Waals surface area contributed by atoms with E-state index < -0.39 is 0 Å². The first-order valence-corrected chi connectivity index (χ1v) is 7.64. The fourth-order valence-corrected chi connectivity index (χ4v) is 2.77. The Balaban J connectivity index is 1.95. The van der Waals surface area contributed by atoms with Gasteiger partial charge in [0.25, 0.3) is 0 Å². The van der Waals surface area contributed by atoms with E-state index in [1.807, 2.05) is 6.92 Å². The van der Waals surface area contributed by atoms with Crippen LogP contribution in [-0.4, -0.2) is 35.7 Å². The zero-order valence-corrected chi connectivity index (χ0v) is 11.8. The van der Waals surface area contributed by atoms with Crippen molar-refractivity contribution < 1.29 is 5.11 Å². The Kier molecular flexibility index (Phi) is 7.87. The van der Waals surface area contributed by atoms with Crippen molar-refractivity contribution in [3.8, 4) is 0 Å². The number of likely N-dealkylation sites (tertiary alicyclic amines) is 1. The molecule has 0 radical (unpaired) electrons. The van der Waals surface area contributed by atoms with Crippen molar-refractivity contribution in [2.24, 2.45) is 5.92 Å². The van der Waals surface area contributed by atoms with E-state index in [0.717, 1.165) is 0 Å². The Morgan fingerprint density at radius 2 is 1.65 bits per heavy atom. The summed E-state index contributed by atoms with van der Waals surface area (Å²) in [4.78, 5) is 2.58. The minimum absolute atomic E-state index is 0.105. The molecule has 0 bridgehead atoms. The van der Waals surface area contributed by atoms with Gasteiger partial charge in [0.2, 0.25) is 0 Å². The molecule has 0 spiro atoms. The molecule has 0 aromatic rings. The summed E-state index contributed by atoms with van der Waals surface area (Å²) in [6.45, 7) is 7.88. The van der Waals surface area contributed by atoms with Gasteiger partial charge in [0, 0.05) is 0 Å². The van der Waals surface area contributed by atoms with Crippen molar-refractivity contribution in [3.05, 3.63) is 0 Å². The average molecular weight is 241 g/mol. The van der Waals surface area contributed by atoms with E-state index in [9.17, 15) is 5.11 Å². The standard InChI is InChI=1S/C15H31NO/c1-3-4-5-6-7-8-11-16-12-9-15(10-13-16)14(2)17/h14-15,17H,3-13H2,1-2H3. The predicted octanol–water partition coefficient (Wildman–Crippen LogP) is 3.44. The van der Waals surface area contributed by atoms with Crippen LogP contribution in [0.2, 0.25) is 0 Å². The largest absolute Gasteiger partial charge is 0.393 e. The number of unbranched alkanes of at least 4 members (excludes halogenated alkanes) is 5. The SMILES string of the molecule is CCCCCCCCN1CCC(C(C)O)CC1. The molecule has 0 amide bonds. The monoisotopic (exact) mass is 241 g/mol. The fourth-order valence-electron chi connectivity index (χ4n) is 2.77. The number of aliphatic hydroxyl groups excluding tert-OH is 1. The summed E-state index contributed by atoms with van der Waals surface area (Å²) in [5.41, 5.74) is 0. The lowest BCUT2D eigenvalue weighted by atomic mass is 9.92. The molecule has 102 valence electrons. The van der Waals surface area contributed by atoms with Gasteiger partial charge in [-0.1, -0.05) is 39.0 Å². The molecular formula is C15H31NO. The molecule has 0 aromatic heterocycles. The number of nitrogens with zero attached hydrogens (tertiary/aromatic N) is 1. The molecule has 2 heteroatoms.